The third-order valence-corrected chi connectivity index (χ3v) is 3.15. The smallest absolute Gasteiger partial charge is 0.328 e. The summed E-state index contributed by atoms with van der Waals surface area (Å²) in [4.78, 5) is 11.5. The molecule has 0 aromatic heterocycles. The summed E-state index contributed by atoms with van der Waals surface area (Å²) in [6.45, 7) is 6.13. The molecule has 0 atom stereocenters. The Hall–Kier alpha value is -1.22. The van der Waals surface area contributed by atoms with Gasteiger partial charge in [0.25, 0.3) is 0 Å². The van der Waals surface area contributed by atoms with Crippen LogP contribution in [0.2, 0.25) is 0 Å². The first-order valence-electron chi connectivity index (χ1n) is 4.64. The normalized spacial score (nSPS) is 10.9. The number of benzene rings is 1. The van der Waals surface area contributed by atoms with Crippen molar-refractivity contribution in [3.63, 3.8) is 0 Å². The molecule has 0 aliphatic rings. The molecule has 0 radical (unpaired) electrons. The second-order valence-corrected chi connectivity index (χ2v) is 4.40. The van der Waals surface area contributed by atoms with Crippen molar-refractivity contribution in [1.82, 2.24) is 0 Å². The van der Waals surface area contributed by atoms with Crippen LogP contribution in [0.4, 0.5) is 0 Å². The lowest BCUT2D eigenvalue weighted by Gasteiger charge is -2.07. The van der Waals surface area contributed by atoms with Gasteiger partial charge in [-0.1, -0.05) is 29.5 Å². The van der Waals surface area contributed by atoms with Gasteiger partial charge in [-0.15, -0.1) is 0 Å². The highest BCUT2D eigenvalue weighted by atomic mass is 32.2. The Morgan fingerprint density at radius 2 is 1.80 bits per heavy atom. The molecular weight excluding hydrogens is 208 g/mol. The average Bonchev–Trinajstić information content (AvgIpc) is 2.08. The van der Waals surface area contributed by atoms with Crippen LogP contribution in [-0.4, -0.2) is 11.1 Å². The van der Waals surface area contributed by atoms with E-state index in [1.165, 1.54) is 28.5 Å². The minimum absolute atomic E-state index is 0.912. The van der Waals surface area contributed by atoms with Gasteiger partial charge in [-0.25, -0.2) is 4.79 Å². The molecule has 0 aliphatic carbocycles. The highest BCUT2D eigenvalue weighted by Crippen LogP contribution is 2.28. The van der Waals surface area contributed by atoms with Crippen LogP contribution in [0.1, 0.15) is 16.7 Å². The Kier molecular flexibility index (Phi) is 3.97. The van der Waals surface area contributed by atoms with Crippen molar-refractivity contribution in [1.29, 1.82) is 0 Å². The van der Waals surface area contributed by atoms with Crippen LogP contribution < -0.4 is 0 Å². The number of aryl methyl sites for hydroxylation is 3. The number of carbonyl (C=O) groups is 1. The molecular formula is C12H14O2S. The van der Waals surface area contributed by atoms with E-state index in [1.54, 1.807) is 5.41 Å². The summed E-state index contributed by atoms with van der Waals surface area (Å²) in [5, 5.41) is 10.1. The van der Waals surface area contributed by atoms with E-state index in [1.807, 2.05) is 13.8 Å². The quantitative estimate of drug-likeness (QED) is 0.629. The van der Waals surface area contributed by atoms with Crippen molar-refractivity contribution in [3.8, 4) is 0 Å². The van der Waals surface area contributed by atoms with E-state index in [0.717, 1.165) is 11.0 Å². The molecule has 0 unspecified atom stereocenters. The number of carboxylic acid groups (broad SMARTS) is 1. The first-order valence-corrected chi connectivity index (χ1v) is 5.52. The number of carboxylic acids is 1. The van der Waals surface area contributed by atoms with Gasteiger partial charge in [0.1, 0.15) is 0 Å². The van der Waals surface area contributed by atoms with Crippen molar-refractivity contribution < 1.29 is 9.90 Å². The fourth-order valence-electron chi connectivity index (χ4n) is 1.51. The molecule has 1 rings (SSSR count). The molecule has 0 saturated heterocycles. The minimum Gasteiger partial charge on any atom is -0.478 e. The van der Waals surface area contributed by atoms with Crippen LogP contribution in [0, 0.1) is 20.8 Å². The maximum Gasteiger partial charge on any atom is 0.328 e. The monoisotopic (exact) mass is 222 g/mol. The molecule has 0 fully saturated rings. The van der Waals surface area contributed by atoms with Crippen LogP contribution in [0.5, 0.6) is 0 Å². The number of hydrogen-bond donors (Lipinski definition) is 1. The zero-order chi connectivity index (χ0) is 11.4. The van der Waals surface area contributed by atoms with Crippen molar-refractivity contribution in [2.24, 2.45) is 0 Å². The molecule has 80 valence electrons. The van der Waals surface area contributed by atoms with E-state index in [4.69, 9.17) is 5.11 Å². The van der Waals surface area contributed by atoms with Crippen LogP contribution in [0.25, 0.3) is 0 Å². The molecule has 15 heavy (non-hydrogen) atoms. The maximum absolute atomic E-state index is 10.3. The Labute approximate surface area is 94.0 Å². The van der Waals surface area contributed by atoms with Gasteiger partial charge in [-0.3, -0.25) is 0 Å². The van der Waals surface area contributed by atoms with E-state index in [9.17, 15) is 4.79 Å². The Bertz CT molecular complexity index is 385. The highest BCUT2D eigenvalue weighted by molar-refractivity contribution is 8.02. The summed E-state index contributed by atoms with van der Waals surface area (Å²) in [5.74, 6) is -0.912. The molecule has 1 N–H and O–H groups in total. The summed E-state index contributed by atoms with van der Waals surface area (Å²) >= 11 is 1.45. The van der Waals surface area contributed by atoms with Gasteiger partial charge >= 0.3 is 5.97 Å². The largest absolute Gasteiger partial charge is 0.478 e. The van der Waals surface area contributed by atoms with Crippen LogP contribution >= 0.6 is 11.8 Å². The average molecular weight is 222 g/mol. The molecule has 1 aromatic rings. The molecule has 2 nitrogen and oxygen atoms in total. The van der Waals surface area contributed by atoms with Crippen LogP contribution in [-0.2, 0) is 4.79 Å². The van der Waals surface area contributed by atoms with Gasteiger partial charge in [0, 0.05) is 11.0 Å². The predicted molar refractivity (Wildman–Crippen MR) is 63.3 cm³/mol. The van der Waals surface area contributed by atoms with Gasteiger partial charge in [0.2, 0.25) is 0 Å². The molecule has 0 bridgehead atoms. The molecule has 3 heteroatoms. The van der Waals surface area contributed by atoms with E-state index >= 15 is 0 Å². The van der Waals surface area contributed by atoms with Crippen molar-refractivity contribution in [2.75, 3.05) is 0 Å². The molecule has 0 aliphatic heterocycles. The van der Waals surface area contributed by atoms with Crippen molar-refractivity contribution in [2.45, 2.75) is 25.7 Å². The van der Waals surface area contributed by atoms with E-state index in [2.05, 4.69) is 19.1 Å². The summed E-state index contributed by atoms with van der Waals surface area (Å²) in [6, 6.07) is 4.20. The van der Waals surface area contributed by atoms with Gasteiger partial charge in [0.05, 0.1) is 0 Å². The number of aliphatic carboxylic acids is 1. The van der Waals surface area contributed by atoms with Crippen molar-refractivity contribution in [3.05, 3.63) is 40.3 Å². The zero-order valence-electron chi connectivity index (χ0n) is 9.07. The van der Waals surface area contributed by atoms with Gasteiger partial charge in [-0.2, -0.15) is 0 Å². The Balaban J connectivity index is 2.90. The van der Waals surface area contributed by atoms with Gasteiger partial charge < -0.3 is 5.11 Å². The minimum atomic E-state index is -0.912. The van der Waals surface area contributed by atoms with Crippen LogP contribution in [0.3, 0.4) is 0 Å². The predicted octanol–water partition coefficient (Wildman–Crippen LogP) is 3.30. The lowest BCUT2D eigenvalue weighted by Crippen LogP contribution is -1.87. The topological polar surface area (TPSA) is 37.3 Å². The SMILES string of the molecule is Cc1cc(C)c(S/C=C/C(=O)O)c(C)c1. The standard InChI is InChI=1S/C12H14O2S/c1-8-6-9(2)12(10(3)7-8)15-5-4-11(13)14/h4-7H,1-3H3,(H,13,14)/b5-4+. The van der Waals surface area contributed by atoms with E-state index < -0.39 is 5.97 Å². The number of hydrogen-bond acceptors (Lipinski definition) is 2. The third kappa shape index (κ3) is 3.44. The first-order chi connectivity index (χ1) is 7.00. The van der Waals surface area contributed by atoms with E-state index in [-0.39, 0.29) is 0 Å². The molecule has 0 amide bonds. The molecule has 0 saturated carbocycles. The second kappa shape index (κ2) is 5.03. The third-order valence-electron chi connectivity index (χ3n) is 2.00. The van der Waals surface area contributed by atoms with Gasteiger partial charge in [0.15, 0.2) is 0 Å². The van der Waals surface area contributed by atoms with Crippen molar-refractivity contribution >= 4 is 17.7 Å². The second-order valence-electron chi connectivity index (χ2n) is 3.49. The first kappa shape index (κ1) is 11.9. The summed E-state index contributed by atoms with van der Waals surface area (Å²) in [5.41, 5.74) is 3.61. The summed E-state index contributed by atoms with van der Waals surface area (Å²) < 4.78 is 0. The fourth-order valence-corrected chi connectivity index (χ4v) is 2.32. The zero-order valence-corrected chi connectivity index (χ0v) is 9.89. The van der Waals surface area contributed by atoms with Gasteiger partial charge in [-0.05, 0) is 37.3 Å². The van der Waals surface area contributed by atoms with Crippen LogP contribution in [0.15, 0.2) is 28.5 Å². The number of rotatable bonds is 3. The number of thioether (sulfide) groups is 1. The summed E-state index contributed by atoms with van der Waals surface area (Å²) in [6.07, 6.45) is 1.16. The fraction of sp³-hybridized carbons (Fsp3) is 0.250. The maximum atomic E-state index is 10.3. The summed E-state index contributed by atoms with van der Waals surface area (Å²) in [7, 11) is 0. The lowest BCUT2D eigenvalue weighted by atomic mass is 10.1. The van der Waals surface area contributed by atoms with E-state index in [0.29, 0.717) is 0 Å². The molecule has 1 aromatic carbocycles. The lowest BCUT2D eigenvalue weighted by molar-refractivity contribution is -0.131. The molecule has 0 spiro atoms. The Morgan fingerprint density at radius 1 is 1.27 bits per heavy atom. The Morgan fingerprint density at radius 3 is 2.27 bits per heavy atom. The molecule has 0 heterocycles. The highest BCUT2D eigenvalue weighted by Gasteiger charge is 2.02.